The molecule has 1 N–H and O–H groups in total. The number of ether oxygens (including phenoxy) is 1. The number of methoxy groups -OCH3 is 1. The molecule has 0 spiro atoms. The smallest absolute Gasteiger partial charge is 0.122 e. The molecule has 96 valence electrons. The summed E-state index contributed by atoms with van der Waals surface area (Å²) in [5.41, 5.74) is 5.12. The van der Waals surface area contributed by atoms with Crippen molar-refractivity contribution in [2.75, 3.05) is 13.7 Å². The number of hydrogen-bond acceptors (Lipinski definition) is 2. The van der Waals surface area contributed by atoms with Gasteiger partial charge in [0.15, 0.2) is 0 Å². The van der Waals surface area contributed by atoms with Crippen molar-refractivity contribution in [3.05, 3.63) is 46.7 Å². The van der Waals surface area contributed by atoms with Gasteiger partial charge in [-0.2, -0.15) is 0 Å². The predicted octanol–water partition coefficient (Wildman–Crippen LogP) is 3.63. The molecule has 0 saturated heterocycles. The van der Waals surface area contributed by atoms with Crippen molar-refractivity contribution >= 4 is 6.08 Å². The van der Waals surface area contributed by atoms with Gasteiger partial charge in [-0.1, -0.05) is 13.8 Å². The molecule has 2 nitrogen and oxygen atoms in total. The first-order valence-corrected chi connectivity index (χ1v) is 6.41. The molecule has 0 amide bonds. The number of benzene rings is 1. The Morgan fingerprint density at radius 1 is 1.33 bits per heavy atom. The second-order valence-corrected chi connectivity index (χ2v) is 5.04. The van der Waals surface area contributed by atoms with Crippen molar-refractivity contribution < 1.29 is 4.74 Å². The van der Waals surface area contributed by atoms with E-state index in [-0.39, 0.29) is 0 Å². The summed E-state index contributed by atoms with van der Waals surface area (Å²) in [6, 6.07) is 4.38. The summed E-state index contributed by atoms with van der Waals surface area (Å²) < 4.78 is 5.47. The molecule has 2 heteroatoms. The highest BCUT2D eigenvalue weighted by Crippen LogP contribution is 2.30. The molecular formula is C16H21NO. The van der Waals surface area contributed by atoms with Crippen molar-refractivity contribution in [3.8, 4) is 5.75 Å². The molecule has 0 aliphatic carbocycles. The molecule has 1 aromatic rings. The zero-order chi connectivity index (χ0) is 13.1. The average molecular weight is 243 g/mol. The van der Waals surface area contributed by atoms with Crippen molar-refractivity contribution in [2.45, 2.75) is 26.7 Å². The van der Waals surface area contributed by atoms with Crippen molar-refractivity contribution in [3.63, 3.8) is 0 Å². The molecule has 0 unspecified atom stereocenters. The van der Waals surface area contributed by atoms with Gasteiger partial charge < -0.3 is 10.1 Å². The number of rotatable bonds is 3. The lowest BCUT2D eigenvalue weighted by molar-refractivity contribution is 0.407. The van der Waals surface area contributed by atoms with Crippen LogP contribution >= 0.6 is 0 Å². The van der Waals surface area contributed by atoms with E-state index in [9.17, 15) is 0 Å². The third kappa shape index (κ3) is 2.58. The van der Waals surface area contributed by atoms with Crippen LogP contribution in [-0.4, -0.2) is 13.7 Å². The van der Waals surface area contributed by atoms with E-state index in [1.165, 1.54) is 22.3 Å². The van der Waals surface area contributed by atoms with Crippen molar-refractivity contribution in [1.29, 1.82) is 0 Å². The maximum atomic E-state index is 5.47. The van der Waals surface area contributed by atoms with Crippen LogP contribution in [0.3, 0.4) is 0 Å². The maximum Gasteiger partial charge on any atom is 0.122 e. The number of hydrogen-bond donors (Lipinski definition) is 1. The van der Waals surface area contributed by atoms with E-state index in [1.54, 1.807) is 7.11 Å². The Morgan fingerprint density at radius 3 is 2.67 bits per heavy atom. The molecule has 1 aromatic carbocycles. The van der Waals surface area contributed by atoms with E-state index in [0.29, 0.717) is 5.92 Å². The summed E-state index contributed by atoms with van der Waals surface area (Å²) in [4.78, 5) is 0. The van der Waals surface area contributed by atoms with Crippen molar-refractivity contribution in [1.82, 2.24) is 5.32 Å². The Hall–Kier alpha value is -1.70. The van der Waals surface area contributed by atoms with E-state index in [2.05, 4.69) is 50.4 Å². The van der Waals surface area contributed by atoms with Gasteiger partial charge in [0.2, 0.25) is 0 Å². The molecule has 0 aromatic heterocycles. The fourth-order valence-corrected chi connectivity index (χ4v) is 2.20. The average Bonchev–Trinajstić information content (AvgIpc) is 2.83. The van der Waals surface area contributed by atoms with E-state index in [0.717, 1.165) is 12.3 Å². The highest BCUT2D eigenvalue weighted by atomic mass is 16.5. The third-order valence-electron chi connectivity index (χ3n) is 3.30. The minimum atomic E-state index is 0.468. The first kappa shape index (κ1) is 12.7. The summed E-state index contributed by atoms with van der Waals surface area (Å²) in [6.45, 7) is 7.44. The molecule has 18 heavy (non-hydrogen) atoms. The molecule has 1 heterocycles. The lowest BCUT2D eigenvalue weighted by atomic mass is 9.95. The standard InChI is InChI=1S/C16H21NO/c1-11(2)15-9-14(8-13-5-6-17-10-13)12(3)7-16(15)18-4/h5-9,11,17H,10H2,1-4H3. The molecule has 0 fully saturated rings. The van der Waals surface area contributed by atoms with Crippen LogP contribution < -0.4 is 10.1 Å². The van der Waals surface area contributed by atoms with Crippen LogP contribution in [0.4, 0.5) is 0 Å². The Labute approximate surface area is 109 Å². The summed E-state index contributed by atoms with van der Waals surface area (Å²) >= 11 is 0. The normalized spacial score (nSPS) is 16.4. The van der Waals surface area contributed by atoms with E-state index >= 15 is 0 Å². The summed E-state index contributed by atoms with van der Waals surface area (Å²) in [5.74, 6) is 1.46. The lowest BCUT2D eigenvalue weighted by Gasteiger charge is -2.15. The fourth-order valence-electron chi connectivity index (χ4n) is 2.20. The Morgan fingerprint density at radius 2 is 2.11 bits per heavy atom. The molecule has 1 aliphatic heterocycles. The van der Waals surface area contributed by atoms with Gasteiger partial charge in [0, 0.05) is 6.54 Å². The second kappa shape index (κ2) is 5.30. The topological polar surface area (TPSA) is 21.3 Å². The summed E-state index contributed by atoms with van der Waals surface area (Å²) in [5, 5.41) is 3.20. The molecule has 0 atom stereocenters. The zero-order valence-corrected chi connectivity index (χ0v) is 11.6. The van der Waals surface area contributed by atoms with Gasteiger partial charge in [0.05, 0.1) is 7.11 Å². The van der Waals surface area contributed by atoms with Gasteiger partial charge in [-0.3, -0.25) is 0 Å². The Bertz CT molecular complexity index is 498. The molecular weight excluding hydrogens is 222 g/mol. The fraction of sp³-hybridized carbons (Fsp3) is 0.375. The SMILES string of the molecule is COc1cc(C)c(C=C2C=CNC2)cc1C(C)C. The van der Waals surface area contributed by atoms with Gasteiger partial charge >= 0.3 is 0 Å². The third-order valence-corrected chi connectivity index (χ3v) is 3.30. The quantitative estimate of drug-likeness (QED) is 0.875. The van der Waals surface area contributed by atoms with E-state index in [1.807, 2.05) is 6.20 Å². The van der Waals surface area contributed by atoms with Gasteiger partial charge in [-0.15, -0.1) is 0 Å². The molecule has 0 saturated carbocycles. The molecule has 1 aliphatic rings. The van der Waals surface area contributed by atoms with Crippen LogP contribution in [0.25, 0.3) is 6.08 Å². The Kier molecular flexibility index (Phi) is 3.75. The van der Waals surface area contributed by atoms with Crippen molar-refractivity contribution in [2.24, 2.45) is 0 Å². The molecule has 2 rings (SSSR count). The first-order chi connectivity index (χ1) is 8.61. The van der Waals surface area contributed by atoms with Gasteiger partial charge in [0.1, 0.15) is 5.75 Å². The summed E-state index contributed by atoms with van der Waals surface area (Å²) in [6.07, 6.45) is 6.37. The second-order valence-electron chi connectivity index (χ2n) is 5.04. The van der Waals surface area contributed by atoms with Crippen LogP contribution in [0.5, 0.6) is 5.75 Å². The summed E-state index contributed by atoms with van der Waals surface area (Å²) in [7, 11) is 1.74. The lowest BCUT2D eigenvalue weighted by Crippen LogP contribution is -2.01. The number of aryl methyl sites for hydroxylation is 1. The Balaban J connectivity index is 2.44. The van der Waals surface area contributed by atoms with Crippen LogP contribution in [0, 0.1) is 6.92 Å². The highest BCUT2D eigenvalue weighted by Gasteiger charge is 2.10. The first-order valence-electron chi connectivity index (χ1n) is 6.41. The largest absolute Gasteiger partial charge is 0.496 e. The molecule has 0 radical (unpaired) electrons. The minimum absolute atomic E-state index is 0.468. The van der Waals surface area contributed by atoms with Gasteiger partial charge in [-0.05, 0) is 65.6 Å². The van der Waals surface area contributed by atoms with Crippen LogP contribution in [0.1, 0.15) is 36.5 Å². The maximum absolute atomic E-state index is 5.47. The van der Waals surface area contributed by atoms with Crippen LogP contribution in [0.2, 0.25) is 0 Å². The van der Waals surface area contributed by atoms with Crippen LogP contribution in [0.15, 0.2) is 30.0 Å². The van der Waals surface area contributed by atoms with E-state index in [4.69, 9.17) is 4.74 Å². The van der Waals surface area contributed by atoms with Crippen LogP contribution in [-0.2, 0) is 0 Å². The highest BCUT2D eigenvalue weighted by molar-refractivity contribution is 5.63. The minimum Gasteiger partial charge on any atom is -0.496 e. The van der Waals surface area contributed by atoms with Gasteiger partial charge in [0.25, 0.3) is 0 Å². The molecule has 0 bridgehead atoms. The number of nitrogens with one attached hydrogen (secondary N) is 1. The zero-order valence-electron chi connectivity index (χ0n) is 11.6. The predicted molar refractivity (Wildman–Crippen MR) is 76.9 cm³/mol. The monoisotopic (exact) mass is 243 g/mol. The van der Waals surface area contributed by atoms with Gasteiger partial charge in [-0.25, -0.2) is 0 Å². The van der Waals surface area contributed by atoms with E-state index < -0.39 is 0 Å².